The van der Waals surface area contributed by atoms with Crippen LogP contribution < -0.4 is 0 Å². The Morgan fingerprint density at radius 3 is 2.07 bits per heavy atom. The van der Waals surface area contributed by atoms with E-state index in [2.05, 4.69) is 29.2 Å². The Hall–Kier alpha value is -3.91. The summed E-state index contributed by atoms with van der Waals surface area (Å²) in [5.41, 5.74) is 5.31. The largest absolute Gasteiger partial charge is 0.448 e. The number of fused-ring (bicyclic) bond motifs is 3. The van der Waals surface area contributed by atoms with Gasteiger partial charge in [0.25, 0.3) is 0 Å². The van der Waals surface area contributed by atoms with E-state index in [1.165, 1.54) is 34.4 Å². The number of ether oxygens (including phenoxy) is 2. The zero-order valence-corrected chi connectivity index (χ0v) is 26.6. The van der Waals surface area contributed by atoms with Gasteiger partial charge in [-0.2, -0.15) is 0 Å². The summed E-state index contributed by atoms with van der Waals surface area (Å²) in [5.74, 6) is 0.330. The molecule has 2 saturated heterocycles. The number of amides is 2. The average Bonchev–Trinajstić information content (AvgIpc) is 3.34. The van der Waals surface area contributed by atoms with Gasteiger partial charge in [-0.1, -0.05) is 60.7 Å². The van der Waals surface area contributed by atoms with Crippen molar-refractivity contribution < 1.29 is 23.5 Å². The number of likely N-dealkylation sites (tertiary alicyclic amines) is 1. The Morgan fingerprint density at radius 1 is 0.822 bits per heavy atom. The summed E-state index contributed by atoms with van der Waals surface area (Å²) in [6.45, 7) is 9.56. The Kier molecular flexibility index (Phi) is 9.13. The first-order chi connectivity index (χ1) is 21.6. The molecule has 6 rings (SSSR count). The molecule has 3 aliphatic rings. The highest BCUT2D eigenvalue weighted by atomic mass is 19.1. The summed E-state index contributed by atoms with van der Waals surface area (Å²) in [4.78, 5) is 32.7. The third-order valence-electron chi connectivity index (χ3n) is 9.32. The molecule has 7 nitrogen and oxygen atoms in total. The van der Waals surface area contributed by atoms with Gasteiger partial charge < -0.3 is 24.2 Å². The Labute approximate surface area is 265 Å². The summed E-state index contributed by atoms with van der Waals surface area (Å²) < 4.78 is 25.1. The number of rotatable bonds is 6. The van der Waals surface area contributed by atoms with Gasteiger partial charge in [-0.25, -0.2) is 14.0 Å². The van der Waals surface area contributed by atoms with Crippen molar-refractivity contribution in [2.24, 2.45) is 5.92 Å². The number of nitrogens with zero attached hydrogens (tertiary/aromatic N) is 3. The van der Waals surface area contributed by atoms with Crippen LogP contribution in [0.1, 0.15) is 56.2 Å². The van der Waals surface area contributed by atoms with Crippen LogP contribution in [0.15, 0.2) is 72.8 Å². The maximum absolute atomic E-state index is 13.5. The fourth-order valence-corrected chi connectivity index (χ4v) is 7.05. The lowest BCUT2D eigenvalue weighted by Crippen LogP contribution is -2.60. The third-order valence-corrected chi connectivity index (χ3v) is 9.32. The fourth-order valence-electron chi connectivity index (χ4n) is 7.05. The SMILES string of the molecule is CC(C)(C)OC(=O)N1CCN(C(=O)OCC2c3ccccc3-c3ccccc32)CC1CN1CCC(Cc2ccc(F)cc2)CC1. The molecule has 0 bridgehead atoms. The fraction of sp³-hybridized carbons (Fsp3) is 0.459. The summed E-state index contributed by atoms with van der Waals surface area (Å²) in [6.07, 6.45) is 2.32. The van der Waals surface area contributed by atoms with Crippen LogP contribution in [0.3, 0.4) is 0 Å². The van der Waals surface area contributed by atoms with Gasteiger partial charge in [-0.05, 0) is 99.0 Å². The van der Waals surface area contributed by atoms with Gasteiger partial charge in [0.15, 0.2) is 0 Å². The lowest BCUT2D eigenvalue weighted by molar-refractivity contribution is -0.0102. The van der Waals surface area contributed by atoms with Crippen molar-refractivity contribution in [3.63, 3.8) is 0 Å². The molecule has 1 atom stereocenters. The van der Waals surface area contributed by atoms with Crippen LogP contribution in [0.4, 0.5) is 14.0 Å². The van der Waals surface area contributed by atoms with Gasteiger partial charge in [-0.15, -0.1) is 0 Å². The molecule has 2 amide bonds. The molecule has 3 aromatic carbocycles. The minimum absolute atomic E-state index is 0.00333. The molecule has 0 spiro atoms. The van der Waals surface area contributed by atoms with Crippen LogP contribution in [-0.2, 0) is 15.9 Å². The van der Waals surface area contributed by atoms with Crippen molar-refractivity contribution in [3.8, 4) is 11.1 Å². The molecule has 3 aromatic rings. The molecule has 238 valence electrons. The van der Waals surface area contributed by atoms with Gasteiger partial charge in [0.2, 0.25) is 0 Å². The molecule has 0 aromatic heterocycles. The highest BCUT2D eigenvalue weighted by Gasteiger charge is 2.38. The van der Waals surface area contributed by atoms with Crippen LogP contribution in [0.2, 0.25) is 0 Å². The minimum Gasteiger partial charge on any atom is -0.448 e. The highest BCUT2D eigenvalue weighted by molar-refractivity contribution is 5.79. The second-order valence-corrected chi connectivity index (χ2v) is 13.7. The predicted molar refractivity (Wildman–Crippen MR) is 173 cm³/mol. The zero-order chi connectivity index (χ0) is 31.6. The van der Waals surface area contributed by atoms with Gasteiger partial charge in [0, 0.05) is 32.1 Å². The third kappa shape index (κ3) is 7.33. The van der Waals surface area contributed by atoms with E-state index < -0.39 is 5.60 Å². The summed E-state index contributed by atoms with van der Waals surface area (Å²) in [5, 5.41) is 0. The quantitative estimate of drug-likeness (QED) is 0.301. The molecule has 1 unspecified atom stereocenters. The Morgan fingerprint density at radius 2 is 1.44 bits per heavy atom. The van der Waals surface area contributed by atoms with E-state index >= 15 is 0 Å². The Bertz CT molecular complexity index is 1450. The monoisotopic (exact) mass is 613 g/mol. The van der Waals surface area contributed by atoms with E-state index in [1.807, 2.05) is 57.2 Å². The maximum atomic E-state index is 13.5. The average molecular weight is 614 g/mol. The van der Waals surface area contributed by atoms with Crippen molar-refractivity contribution >= 4 is 12.2 Å². The molecule has 0 saturated carbocycles. The standard InChI is InChI=1S/C37H44FN3O4/c1-37(2,3)45-36(43)41-21-20-40(24-29(41)23-39-18-16-27(17-19-39)22-26-12-14-28(38)15-13-26)35(42)44-25-34-32-10-6-4-8-30(32)31-9-5-7-11-33(31)34/h4-15,27,29,34H,16-25H2,1-3H3. The van der Waals surface area contributed by atoms with Gasteiger partial charge in [0.05, 0.1) is 6.04 Å². The number of piperazine rings is 1. The van der Waals surface area contributed by atoms with Crippen molar-refractivity contribution in [1.29, 1.82) is 0 Å². The van der Waals surface area contributed by atoms with Crippen molar-refractivity contribution in [3.05, 3.63) is 95.3 Å². The molecule has 0 N–H and O–H groups in total. The number of piperidine rings is 1. The van der Waals surface area contributed by atoms with E-state index in [1.54, 1.807) is 9.80 Å². The van der Waals surface area contributed by atoms with E-state index in [0.717, 1.165) is 37.9 Å². The molecule has 1 aliphatic carbocycles. The molecular weight excluding hydrogens is 569 g/mol. The number of carbonyl (C=O) groups is 2. The van der Waals surface area contributed by atoms with Crippen LogP contribution in [-0.4, -0.2) is 84.4 Å². The van der Waals surface area contributed by atoms with Crippen molar-refractivity contribution in [2.75, 3.05) is 45.9 Å². The highest BCUT2D eigenvalue weighted by Crippen LogP contribution is 2.44. The number of benzene rings is 3. The van der Waals surface area contributed by atoms with Gasteiger partial charge in [-0.3, -0.25) is 0 Å². The predicted octanol–water partition coefficient (Wildman–Crippen LogP) is 6.95. The van der Waals surface area contributed by atoms with E-state index in [4.69, 9.17) is 9.47 Å². The minimum atomic E-state index is -0.607. The zero-order valence-electron chi connectivity index (χ0n) is 26.6. The first kappa shape index (κ1) is 31.1. The van der Waals surface area contributed by atoms with Crippen LogP contribution in [0.5, 0.6) is 0 Å². The molecule has 2 heterocycles. The van der Waals surface area contributed by atoms with Gasteiger partial charge in [0.1, 0.15) is 18.0 Å². The molecule has 2 aliphatic heterocycles. The molecule has 2 fully saturated rings. The number of carbonyl (C=O) groups excluding carboxylic acids is 2. The first-order valence-electron chi connectivity index (χ1n) is 16.2. The number of hydrogen-bond acceptors (Lipinski definition) is 5. The van der Waals surface area contributed by atoms with Crippen molar-refractivity contribution in [2.45, 2.75) is 57.6 Å². The maximum Gasteiger partial charge on any atom is 0.410 e. The van der Waals surface area contributed by atoms with E-state index in [0.29, 0.717) is 32.1 Å². The van der Waals surface area contributed by atoms with E-state index in [-0.39, 0.29) is 36.6 Å². The smallest absolute Gasteiger partial charge is 0.410 e. The molecular formula is C37H44FN3O4. The topological polar surface area (TPSA) is 62.3 Å². The summed E-state index contributed by atoms with van der Waals surface area (Å²) in [6, 6.07) is 23.2. The van der Waals surface area contributed by atoms with Crippen LogP contribution in [0, 0.1) is 11.7 Å². The summed E-state index contributed by atoms with van der Waals surface area (Å²) >= 11 is 0. The molecule has 0 radical (unpaired) electrons. The lowest BCUT2D eigenvalue weighted by atomic mass is 9.90. The van der Waals surface area contributed by atoms with Gasteiger partial charge >= 0.3 is 12.2 Å². The van der Waals surface area contributed by atoms with Crippen molar-refractivity contribution in [1.82, 2.24) is 14.7 Å². The molecule has 45 heavy (non-hydrogen) atoms. The Balaban J connectivity index is 1.09. The van der Waals surface area contributed by atoms with E-state index in [9.17, 15) is 14.0 Å². The van der Waals surface area contributed by atoms with Crippen LogP contribution in [0.25, 0.3) is 11.1 Å². The second kappa shape index (κ2) is 13.2. The second-order valence-electron chi connectivity index (χ2n) is 13.7. The number of hydrogen-bond donors (Lipinski definition) is 0. The first-order valence-corrected chi connectivity index (χ1v) is 16.2. The van der Waals surface area contributed by atoms with Crippen LogP contribution >= 0.6 is 0 Å². The normalized spacial score (nSPS) is 19.2. The lowest BCUT2D eigenvalue weighted by Gasteiger charge is -2.44. The number of halogens is 1. The summed E-state index contributed by atoms with van der Waals surface area (Å²) in [7, 11) is 0. The molecule has 8 heteroatoms.